The number of thioether (sulfide) groups is 1. The molecular formula is C23H23NO4S. The van der Waals surface area contributed by atoms with Gasteiger partial charge in [-0.25, -0.2) is 0 Å². The number of hydrogen-bond acceptors (Lipinski definition) is 5. The first kappa shape index (κ1) is 20.7. The van der Waals surface area contributed by atoms with Crippen molar-refractivity contribution >= 4 is 29.0 Å². The van der Waals surface area contributed by atoms with Gasteiger partial charge in [0.15, 0.2) is 11.5 Å². The standard InChI is InChI=1S/C23H23NO4S/c1-4-12-28-19-11-10-18(13-20(19)27-5-2)14-21-22(25)24(23(26)29-21)15-17-8-6-16(3)7-9-17/h4,6-11,13-14H,1,5,12,15H2,2-3H3/b21-14-. The molecule has 0 N–H and O–H groups in total. The smallest absolute Gasteiger partial charge is 0.293 e. The number of aryl methyl sites for hydroxylation is 1. The number of amides is 2. The van der Waals surface area contributed by atoms with Gasteiger partial charge in [0, 0.05) is 0 Å². The van der Waals surface area contributed by atoms with E-state index in [0.29, 0.717) is 29.6 Å². The van der Waals surface area contributed by atoms with Gasteiger partial charge in [-0.3, -0.25) is 14.5 Å². The Bertz CT molecular complexity index is 950. The van der Waals surface area contributed by atoms with Crippen LogP contribution in [0.2, 0.25) is 0 Å². The molecule has 0 unspecified atom stereocenters. The topological polar surface area (TPSA) is 55.8 Å². The Hall–Kier alpha value is -2.99. The van der Waals surface area contributed by atoms with Crippen LogP contribution in [-0.4, -0.2) is 29.3 Å². The molecule has 2 amide bonds. The van der Waals surface area contributed by atoms with Gasteiger partial charge in [0.25, 0.3) is 11.1 Å². The highest BCUT2D eigenvalue weighted by molar-refractivity contribution is 8.18. The largest absolute Gasteiger partial charge is 0.490 e. The van der Waals surface area contributed by atoms with Crippen LogP contribution in [0.1, 0.15) is 23.6 Å². The lowest BCUT2D eigenvalue weighted by molar-refractivity contribution is -0.123. The maximum atomic E-state index is 12.8. The van der Waals surface area contributed by atoms with Gasteiger partial charge in [0.05, 0.1) is 18.1 Å². The van der Waals surface area contributed by atoms with E-state index in [0.717, 1.165) is 28.5 Å². The van der Waals surface area contributed by atoms with Crippen LogP contribution in [-0.2, 0) is 11.3 Å². The van der Waals surface area contributed by atoms with Crippen molar-refractivity contribution in [3.8, 4) is 11.5 Å². The van der Waals surface area contributed by atoms with E-state index in [-0.39, 0.29) is 17.7 Å². The van der Waals surface area contributed by atoms with Gasteiger partial charge >= 0.3 is 0 Å². The average molecular weight is 410 g/mol. The number of nitrogens with zero attached hydrogens (tertiary/aromatic N) is 1. The van der Waals surface area contributed by atoms with Crippen LogP contribution < -0.4 is 9.47 Å². The Kier molecular flexibility index (Phi) is 6.77. The fraction of sp³-hybridized carbons (Fsp3) is 0.217. The predicted octanol–water partition coefficient (Wildman–Crippen LogP) is 5.20. The van der Waals surface area contributed by atoms with Gasteiger partial charge < -0.3 is 9.47 Å². The molecule has 5 nitrogen and oxygen atoms in total. The highest BCUT2D eigenvalue weighted by Crippen LogP contribution is 2.35. The summed E-state index contributed by atoms with van der Waals surface area (Å²) in [5.74, 6) is 0.906. The molecule has 0 atom stereocenters. The highest BCUT2D eigenvalue weighted by Gasteiger charge is 2.35. The molecule has 0 radical (unpaired) electrons. The lowest BCUT2D eigenvalue weighted by Gasteiger charge is -2.13. The van der Waals surface area contributed by atoms with Crippen molar-refractivity contribution in [1.82, 2.24) is 4.90 Å². The number of ether oxygens (including phenoxy) is 2. The first-order valence-electron chi connectivity index (χ1n) is 9.33. The quantitative estimate of drug-likeness (QED) is 0.443. The van der Waals surface area contributed by atoms with Crippen LogP contribution in [0.25, 0.3) is 6.08 Å². The van der Waals surface area contributed by atoms with Gasteiger partial charge in [-0.2, -0.15) is 0 Å². The molecule has 1 heterocycles. The van der Waals surface area contributed by atoms with Crippen LogP contribution in [0.15, 0.2) is 60.0 Å². The molecule has 6 heteroatoms. The van der Waals surface area contributed by atoms with E-state index >= 15 is 0 Å². The predicted molar refractivity (Wildman–Crippen MR) is 116 cm³/mol. The molecule has 2 aromatic rings. The van der Waals surface area contributed by atoms with E-state index < -0.39 is 0 Å². The zero-order chi connectivity index (χ0) is 20.8. The molecule has 0 aliphatic carbocycles. The third-order valence-corrected chi connectivity index (χ3v) is 5.16. The minimum absolute atomic E-state index is 0.265. The minimum Gasteiger partial charge on any atom is -0.490 e. The van der Waals surface area contributed by atoms with Crippen molar-refractivity contribution in [2.45, 2.75) is 20.4 Å². The van der Waals surface area contributed by atoms with Crippen LogP contribution in [0, 0.1) is 6.92 Å². The van der Waals surface area contributed by atoms with E-state index in [1.54, 1.807) is 24.3 Å². The second kappa shape index (κ2) is 9.47. The van der Waals surface area contributed by atoms with Crippen LogP contribution in [0.5, 0.6) is 11.5 Å². The van der Waals surface area contributed by atoms with E-state index in [4.69, 9.17) is 9.47 Å². The summed E-state index contributed by atoms with van der Waals surface area (Å²) >= 11 is 0.950. The zero-order valence-electron chi connectivity index (χ0n) is 16.5. The molecule has 29 heavy (non-hydrogen) atoms. The van der Waals surface area contributed by atoms with Crippen molar-refractivity contribution < 1.29 is 19.1 Å². The Labute approximate surface area is 175 Å². The Morgan fingerprint density at radius 2 is 1.83 bits per heavy atom. The highest BCUT2D eigenvalue weighted by atomic mass is 32.2. The van der Waals surface area contributed by atoms with Crippen molar-refractivity contribution in [3.05, 3.63) is 76.7 Å². The molecule has 1 saturated heterocycles. The minimum atomic E-state index is -0.287. The first-order valence-corrected chi connectivity index (χ1v) is 10.1. The number of imide groups is 1. The normalized spacial score (nSPS) is 15.1. The molecular weight excluding hydrogens is 386 g/mol. The number of hydrogen-bond donors (Lipinski definition) is 0. The summed E-state index contributed by atoms with van der Waals surface area (Å²) in [5.41, 5.74) is 2.81. The van der Waals surface area contributed by atoms with Crippen molar-refractivity contribution in [1.29, 1.82) is 0 Å². The molecule has 1 aliphatic rings. The summed E-state index contributed by atoms with van der Waals surface area (Å²) in [4.78, 5) is 26.8. The summed E-state index contributed by atoms with van der Waals surface area (Å²) < 4.78 is 11.2. The Balaban J connectivity index is 1.80. The molecule has 3 rings (SSSR count). The van der Waals surface area contributed by atoms with Gasteiger partial charge in [0.2, 0.25) is 0 Å². The maximum absolute atomic E-state index is 12.8. The second-order valence-corrected chi connectivity index (χ2v) is 7.49. The van der Waals surface area contributed by atoms with Gasteiger partial charge in [-0.15, -0.1) is 0 Å². The molecule has 150 valence electrons. The third kappa shape index (κ3) is 5.09. The van der Waals surface area contributed by atoms with Crippen LogP contribution >= 0.6 is 11.8 Å². The lowest BCUT2D eigenvalue weighted by atomic mass is 10.1. The van der Waals surface area contributed by atoms with Crippen molar-refractivity contribution in [3.63, 3.8) is 0 Å². The molecule has 0 bridgehead atoms. The molecule has 1 aliphatic heterocycles. The fourth-order valence-corrected chi connectivity index (χ4v) is 3.65. The molecule has 2 aromatic carbocycles. The van der Waals surface area contributed by atoms with Gasteiger partial charge in [-0.05, 0) is 54.9 Å². The Morgan fingerprint density at radius 1 is 1.07 bits per heavy atom. The summed E-state index contributed by atoms with van der Waals surface area (Å²) in [6, 6.07) is 13.2. The Morgan fingerprint density at radius 3 is 2.52 bits per heavy atom. The second-order valence-electron chi connectivity index (χ2n) is 6.49. The van der Waals surface area contributed by atoms with E-state index in [9.17, 15) is 9.59 Å². The van der Waals surface area contributed by atoms with Crippen molar-refractivity contribution in [2.75, 3.05) is 13.2 Å². The number of benzene rings is 2. The summed E-state index contributed by atoms with van der Waals surface area (Å²) in [5, 5.41) is -0.266. The van der Waals surface area contributed by atoms with E-state index in [1.165, 1.54) is 4.90 Å². The van der Waals surface area contributed by atoms with E-state index in [1.807, 2.05) is 44.2 Å². The summed E-state index contributed by atoms with van der Waals surface area (Å²) in [6.07, 6.45) is 3.37. The molecule has 1 fully saturated rings. The number of carbonyl (C=O) groups excluding carboxylic acids is 2. The van der Waals surface area contributed by atoms with Gasteiger partial charge in [0.1, 0.15) is 6.61 Å². The molecule has 0 spiro atoms. The van der Waals surface area contributed by atoms with Gasteiger partial charge in [-0.1, -0.05) is 48.6 Å². The van der Waals surface area contributed by atoms with Crippen LogP contribution in [0.3, 0.4) is 0 Å². The summed E-state index contributed by atoms with van der Waals surface area (Å²) in [6.45, 7) is 8.65. The van der Waals surface area contributed by atoms with Crippen molar-refractivity contribution in [2.24, 2.45) is 0 Å². The SMILES string of the molecule is C=CCOc1ccc(/C=C2\SC(=O)N(Cc3ccc(C)cc3)C2=O)cc1OCC. The fourth-order valence-electron chi connectivity index (χ4n) is 2.81. The average Bonchev–Trinajstić information content (AvgIpc) is 2.96. The monoisotopic (exact) mass is 409 g/mol. The number of carbonyl (C=O) groups is 2. The molecule has 0 saturated carbocycles. The first-order chi connectivity index (χ1) is 14.0. The molecule has 0 aromatic heterocycles. The lowest BCUT2D eigenvalue weighted by Crippen LogP contribution is -2.27. The maximum Gasteiger partial charge on any atom is 0.293 e. The van der Waals surface area contributed by atoms with E-state index in [2.05, 4.69) is 6.58 Å². The number of rotatable bonds is 8. The zero-order valence-corrected chi connectivity index (χ0v) is 17.3. The van der Waals surface area contributed by atoms with Crippen LogP contribution in [0.4, 0.5) is 4.79 Å². The third-order valence-electron chi connectivity index (χ3n) is 4.26. The summed E-state index contributed by atoms with van der Waals surface area (Å²) in [7, 11) is 0.